The number of methoxy groups -OCH3 is 1. The van der Waals surface area contributed by atoms with Crippen LogP contribution in [0.25, 0.3) is 0 Å². The van der Waals surface area contributed by atoms with Crippen molar-refractivity contribution in [2.24, 2.45) is 5.92 Å². The molecule has 0 aliphatic heterocycles. The maximum Gasteiger partial charge on any atom is 0.253 e. The summed E-state index contributed by atoms with van der Waals surface area (Å²) in [5.41, 5.74) is 0.546. The molecule has 0 aromatic carbocycles. The van der Waals surface area contributed by atoms with Crippen LogP contribution in [0.4, 0.5) is 0 Å². The minimum atomic E-state index is -0.0831. The molecule has 0 radical (unpaired) electrons. The van der Waals surface area contributed by atoms with Crippen molar-refractivity contribution in [1.82, 2.24) is 10.3 Å². The molecule has 1 fully saturated rings. The van der Waals surface area contributed by atoms with Gasteiger partial charge in [-0.25, -0.2) is 4.98 Å². The average Bonchev–Trinajstić information content (AvgIpc) is 3.12. The van der Waals surface area contributed by atoms with Gasteiger partial charge in [0.2, 0.25) is 5.88 Å². The normalized spacial score (nSPS) is 16.4. The Morgan fingerprint density at radius 1 is 1.65 bits per heavy atom. The van der Waals surface area contributed by atoms with Gasteiger partial charge in [-0.15, -0.1) is 0 Å². The van der Waals surface area contributed by atoms with Crippen LogP contribution in [0, 0.1) is 5.92 Å². The van der Waals surface area contributed by atoms with Crippen molar-refractivity contribution in [3.05, 3.63) is 22.3 Å². The molecule has 1 aromatic rings. The third-order valence-electron chi connectivity index (χ3n) is 2.95. The highest BCUT2D eigenvalue weighted by Crippen LogP contribution is 2.32. The maximum absolute atomic E-state index is 11.9. The van der Waals surface area contributed by atoms with Gasteiger partial charge >= 0.3 is 0 Å². The number of halogens is 1. The molecule has 92 valence electrons. The molecule has 4 nitrogen and oxygen atoms in total. The van der Waals surface area contributed by atoms with Gasteiger partial charge in [-0.1, -0.05) is 0 Å². The summed E-state index contributed by atoms with van der Waals surface area (Å²) in [6, 6.07) is 1.96. The van der Waals surface area contributed by atoms with Gasteiger partial charge in [0, 0.05) is 12.2 Å². The molecule has 0 saturated heterocycles. The summed E-state index contributed by atoms with van der Waals surface area (Å²) in [7, 11) is 1.54. The summed E-state index contributed by atoms with van der Waals surface area (Å²) in [6.07, 6.45) is 3.95. The fourth-order valence-corrected chi connectivity index (χ4v) is 2.21. The first-order valence-electron chi connectivity index (χ1n) is 5.62. The number of ether oxygens (including phenoxy) is 1. The second-order valence-electron chi connectivity index (χ2n) is 4.31. The van der Waals surface area contributed by atoms with E-state index in [0.29, 0.717) is 21.8 Å². The van der Waals surface area contributed by atoms with E-state index >= 15 is 0 Å². The second-order valence-corrected chi connectivity index (χ2v) is 5.17. The number of amides is 1. The topological polar surface area (TPSA) is 51.2 Å². The van der Waals surface area contributed by atoms with E-state index in [0.717, 1.165) is 0 Å². The number of rotatable bonds is 4. The van der Waals surface area contributed by atoms with Crippen LogP contribution in [0.15, 0.2) is 16.7 Å². The van der Waals surface area contributed by atoms with Crippen LogP contribution in [0.5, 0.6) is 5.88 Å². The minimum Gasteiger partial charge on any atom is -0.480 e. The predicted octanol–water partition coefficient (Wildman–Crippen LogP) is 2.38. The third-order valence-corrected chi connectivity index (χ3v) is 3.52. The quantitative estimate of drug-likeness (QED) is 0.928. The lowest BCUT2D eigenvalue weighted by atomic mass is 10.2. The van der Waals surface area contributed by atoms with Gasteiger partial charge in [0.15, 0.2) is 0 Å². The molecule has 1 aliphatic rings. The Bertz CT molecular complexity index is 433. The van der Waals surface area contributed by atoms with Crippen LogP contribution in [0.3, 0.4) is 0 Å². The summed E-state index contributed by atoms with van der Waals surface area (Å²) >= 11 is 3.32. The van der Waals surface area contributed by atoms with Gasteiger partial charge in [0.05, 0.1) is 17.1 Å². The molecule has 1 atom stereocenters. The highest BCUT2D eigenvalue weighted by atomic mass is 79.9. The van der Waals surface area contributed by atoms with Crippen LogP contribution in [-0.2, 0) is 0 Å². The zero-order valence-corrected chi connectivity index (χ0v) is 11.5. The molecule has 17 heavy (non-hydrogen) atoms. The lowest BCUT2D eigenvalue weighted by Gasteiger charge is -2.13. The van der Waals surface area contributed by atoms with Crippen molar-refractivity contribution < 1.29 is 9.53 Å². The molecular formula is C12H15BrN2O2. The van der Waals surface area contributed by atoms with E-state index in [4.69, 9.17) is 4.74 Å². The minimum absolute atomic E-state index is 0.0831. The van der Waals surface area contributed by atoms with Crippen LogP contribution < -0.4 is 10.1 Å². The van der Waals surface area contributed by atoms with Crippen LogP contribution in [-0.4, -0.2) is 24.0 Å². The number of nitrogens with one attached hydrogen (secondary N) is 1. The van der Waals surface area contributed by atoms with Gasteiger partial charge < -0.3 is 10.1 Å². The first-order chi connectivity index (χ1) is 8.11. The fourth-order valence-electron chi connectivity index (χ4n) is 1.70. The first-order valence-corrected chi connectivity index (χ1v) is 6.41. The Hall–Kier alpha value is -1.10. The van der Waals surface area contributed by atoms with Crippen molar-refractivity contribution in [2.75, 3.05) is 7.11 Å². The summed E-state index contributed by atoms with van der Waals surface area (Å²) in [4.78, 5) is 16.0. The SMILES string of the molecule is COc1ncc(C(=O)N[C@@H](C)C2CC2)cc1Br. The summed E-state index contributed by atoms with van der Waals surface area (Å²) in [6.45, 7) is 2.04. The number of pyridine rings is 1. The molecular weight excluding hydrogens is 284 g/mol. The van der Waals surface area contributed by atoms with Crippen LogP contribution in [0.2, 0.25) is 0 Å². The standard InChI is InChI=1S/C12H15BrN2O2/c1-7(8-3-4-8)15-11(16)9-5-10(13)12(17-2)14-6-9/h5-8H,3-4H2,1-2H3,(H,15,16)/t7-/m0/s1. The summed E-state index contributed by atoms with van der Waals surface area (Å²) < 4.78 is 5.71. The van der Waals surface area contributed by atoms with E-state index in [9.17, 15) is 4.79 Å². The van der Waals surface area contributed by atoms with Gasteiger partial charge in [-0.3, -0.25) is 4.79 Å². The number of hydrogen-bond donors (Lipinski definition) is 1. The second kappa shape index (κ2) is 5.04. The van der Waals surface area contributed by atoms with E-state index in [1.807, 2.05) is 6.92 Å². The molecule has 0 unspecified atom stereocenters. The fraction of sp³-hybridized carbons (Fsp3) is 0.500. The van der Waals surface area contributed by atoms with E-state index in [1.54, 1.807) is 13.2 Å². The molecule has 1 amide bonds. The number of carbonyl (C=O) groups excluding carboxylic acids is 1. The van der Waals surface area contributed by atoms with E-state index < -0.39 is 0 Å². The van der Waals surface area contributed by atoms with Crippen LogP contribution in [0.1, 0.15) is 30.1 Å². The Kier molecular flexibility index (Phi) is 3.66. The van der Waals surface area contributed by atoms with Gasteiger partial charge in [-0.05, 0) is 47.7 Å². The molecule has 1 heterocycles. The number of carbonyl (C=O) groups is 1. The molecule has 1 N–H and O–H groups in total. The lowest BCUT2D eigenvalue weighted by molar-refractivity contribution is 0.0935. The summed E-state index contributed by atoms with van der Waals surface area (Å²) in [5, 5.41) is 2.98. The third kappa shape index (κ3) is 2.97. The molecule has 1 aromatic heterocycles. The molecule has 2 rings (SSSR count). The first kappa shape index (κ1) is 12.4. The monoisotopic (exact) mass is 298 g/mol. The van der Waals surface area contributed by atoms with Gasteiger partial charge in [0.25, 0.3) is 5.91 Å². The van der Waals surface area contributed by atoms with E-state index in [2.05, 4.69) is 26.2 Å². The van der Waals surface area contributed by atoms with Gasteiger partial charge in [0.1, 0.15) is 0 Å². The van der Waals surface area contributed by atoms with Crippen molar-refractivity contribution in [3.63, 3.8) is 0 Å². The summed E-state index contributed by atoms with van der Waals surface area (Å²) in [5.74, 6) is 1.05. The average molecular weight is 299 g/mol. The van der Waals surface area contributed by atoms with E-state index in [-0.39, 0.29) is 11.9 Å². The lowest BCUT2D eigenvalue weighted by Crippen LogP contribution is -2.34. The van der Waals surface area contributed by atoms with Crippen molar-refractivity contribution in [1.29, 1.82) is 0 Å². The number of hydrogen-bond acceptors (Lipinski definition) is 3. The molecule has 5 heteroatoms. The van der Waals surface area contributed by atoms with Crippen molar-refractivity contribution >= 4 is 21.8 Å². The Morgan fingerprint density at radius 2 is 2.35 bits per heavy atom. The zero-order valence-electron chi connectivity index (χ0n) is 9.87. The van der Waals surface area contributed by atoms with E-state index in [1.165, 1.54) is 19.0 Å². The predicted molar refractivity (Wildman–Crippen MR) is 68.1 cm³/mol. The van der Waals surface area contributed by atoms with Gasteiger partial charge in [-0.2, -0.15) is 0 Å². The number of nitrogens with zero attached hydrogens (tertiary/aromatic N) is 1. The Balaban J connectivity index is 2.05. The maximum atomic E-state index is 11.9. The number of aromatic nitrogens is 1. The highest BCUT2D eigenvalue weighted by Gasteiger charge is 2.29. The molecule has 0 bridgehead atoms. The molecule has 1 aliphatic carbocycles. The smallest absolute Gasteiger partial charge is 0.253 e. The van der Waals surface area contributed by atoms with Crippen molar-refractivity contribution in [3.8, 4) is 5.88 Å². The Labute approximate surface area is 109 Å². The molecule has 1 saturated carbocycles. The highest BCUT2D eigenvalue weighted by molar-refractivity contribution is 9.10. The van der Waals surface area contributed by atoms with Crippen LogP contribution >= 0.6 is 15.9 Å². The molecule has 0 spiro atoms. The zero-order chi connectivity index (χ0) is 12.4. The Morgan fingerprint density at radius 3 is 2.88 bits per heavy atom. The largest absolute Gasteiger partial charge is 0.480 e. The van der Waals surface area contributed by atoms with Crippen molar-refractivity contribution in [2.45, 2.75) is 25.8 Å².